The van der Waals surface area contributed by atoms with Crippen molar-refractivity contribution in [3.8, 4) is 0 Å². The molecule has 5 nitrogen and oxygen atoms in total. The summed E-state index contributed by atoms with van der Waals surface area (Å²) < 4.78 is 45.8. The maximum atomic E-state index is 13.7. The van der Waals surface area contributed by atoms with Gasteiger partial charge < -0.3 is 15.4 Å². The molecule has 2 N–H and O–H groups in total. The van der Waals surface area contributed by atoms with Crippen molar-refractivity contribution in [1.82, 2.24) is 5.32 Å². The Balaban J connectivity index is 3.39. The predicted octanol–water partition coefficient (Wildman–Crippen LogP) is 3.06. The Morgan fingerprint density at radius 1 is 1.12 bits per heavy atom. The van der Waals surface area contributed by atoms with Crippen LogP contribution >= 0.6 is 0 Å². The van der Waals surface area contributed by atoms with Gasteiger partial charge in [0.05, 0.1) is 6.61 Å². The van der Waals surface area contributed by atoms with E-state index < -0.39 is 23.7 Å². The van der Waals surface area contributed by atoms with Gasteiger partial charge in [0.1, 0.15) is 0 Å². The number of alkyl halides is 3. The van der Waals surface area contributed by atoms with E-state index in [0.29, 0.717) is 0 Å². The minimum Gasteiger partial charge on any atom is -0.463 e. The van der Waals surface area contributed by atoms with Gasteiger partial charge in [-0.3, -0.25) is 4.79 Å². The van der Waals surface area contributed by atoms with E-state index in [-0.39, 0.29) is 18.7 Å². The highest BCUT2D eigenvalue weighted by molar-refractivity contribution is 5.91. The Kier molecular flexibility index (Phi) is 6.22. The highest BCUT2D eigenvalue weighted by Gasteiger charge is 2.63. The third-order valence-corrected chi connectivity index (χ3v) is 3.49. The molecule has 1 aromatic rings. The highest BCUT2D eigenvalue weighted by atomic mass is 19.4. The van der Waals surface area contributed by atoms with Gasteiger partial charge in [0.25, 0.3) is 0 Å². The van der Waals surface area contributed by atoms with Gasteiger partial charge in [0.15, 0.2) is 0 Å². The molecule has 1 unspecified atom stereocenters. The molecule has 0 radical (unpaired) electrons. The van der Waals surface area contributed by atoms with Crippen LogP contribution in [0.5, 0.6) is 0 Å². The smallest absolute Gasteiger partial charge is 0.441 e. The number of carbonyl (C=O) groups is 2. The standard InChI is InChI=1S/C16H21F3N2O3/c1-5-13(22)21-15(16(17,18)19,14(23)24-6-2)20-12-8-7-10(3)11(4)9-12/h7-9,20H,5-6H2,1-4H3,(H,21,22). The van der Waals surface area contributed by atoms with Crippen LogP contribution in [-0.2, 0) is 14.3 Å². The second-order valence-corrected chi connectivity index (χ2v) is 5.29. The summed E-state index contributed by atoms with van der Waals surface area (Å²) in [6.45, 7) is 6.05. The van der Waals surface area contributed by atoms with Crippen LogP contribution in [0.25, 0.3) is 0 Å². The molecule has 0 aliphatic rings. The number of carbonyl (C=O) groups excluding carboxylic acids is 2. The van der Waals surface area contributed by atoms with Crippen molar-refractivity contribution in [3.63, 3.8) is 0 Å². The van der Waals surface area contributed by atoms with Crippen LogP contribution in [0.1, 0.15) is 31.4 Å². The SMILES string of the molecule is CCOC(=O)C(NC(=O)CC)(Nc1ccc(C)c(C)c1)C(F)(F)F. The molecule has 0 spiro atoms. The van der Waals surface area contributed by atoms with Crippen molar-refractivity contribution >= 4 is 17.6 Å². The summed E-state index contributed by atoms with van der Waals surface area (Å²) in [6.07, 6.45) is -5.32. The number of nitrogens with one attached hydrogen (secondary N) is 2. The third-order valence-electron chi connectivity index (χ3n) is 3.49. The topological polar surface area (TPSA) is 67.4 Å². The van der Waals surface area contributed by atoms with Gasteiger partial charge in [-0.05, 0) is 44.0 Å². The van der Waals surface area contributed by atoms with E-state index in [0.717, 1.165) is 11.1 Å². The molecule has 8 heteroatoms. The largest absolute Gasteiger partial charge is 0.463 e. The summed E-state index contributed by atoms with van der Waals surface area (Å²) in [5.74, 6) is -2.55. The van der Waals surface area contributed by atoms with Gasteiger partial charge in [-0.2, -0.15) is 13.2 Å². The summed E-state index contributed by atoms with van der Waals surface area (Å²) in [6, 6.07) is 4.49. The summed E-state index contributed by atoms with van der Waals surface area (Å²) >= 11 is 0. The van der Waals surface area contributed by atoms with Crippen molar-refractivity contribution in [2.24, 2.45) is 0 Å². The van der Waals surface area contributed by atoms with E-state index in [2.05, 4.69) is 10.1 Å². The van der Waals surface area contributed by atoms with Gasteiger partial charge in [0.2, 0.25) is 5.91 Å². The van der Waals surface area contributed by atoms with Crippen LogP contribution in [0.2, 0.25) is 0 Å². The third kappa shape index (κ3) is 4.18. The number of amides is 1. The first-order chi connectivity index (χ1) is 11.1. The van der Waals surface area contributed by atoms with Crippen molar-refractivity contribution in [2.75, 3.05) is 11.9 Å². The lowest BCUT2D eigenvalue weighted by Gasteiger charge is -2.35. The summed E-state index contributed by atoms with van der Waals surface area (Å²) in [5, 5.41) is 3.86. The van der Waals surface area contributed by atoms with Gasteiger partial charge in [-0.15, -0.1) is 0 Å². The molecule has 0 aliphatic carbocycles. The van der Waals surface area contributed by atoms with E-state index in [1.807, 2.05) is 0 Å². The van der Waals surface area contributed by atoms with Crippen LogP contribution < -0.4 is 10.6 Å². The molecule has 0 heterocycles. The number of aryl methyl sites for hydroxylation is 2. The number of rotatable bonds is 6. The van der Waals surface area contributed by atoms with Crippen molar-refractivity contribution < 1.29 is 27.5 Å². The number of halogens is 3. The number of esters is 1. The quantitative estimate of drug-likeness (QED) is 0.614. The molecule has 1 aromatic carbocycles. The zero-order valence-corrected chi connectivity index (χ0v) is 14.0. The molecule has 1 atom stereocenters. The summed E-state index contributed by atoms with van der Waals surface area (Å²) in [4.78, 5) is 23.7. The number of ether oxygens (including phenoxy) is 1. The molecule has 0 fully saturated rings. The van der Waals surface area contributed by atoms with E-state index in [1.165, 1.54) is 26.0 Å². The van der Waals surface area contributed by atoms with Crippen LogP contribution in [0.3, 0.4) is 0 Å². The molecule has 1 amide bonds. The van der Waals surface area contributed by atoms with E-state index in [4.69, 9.17) is 0 Å². The van der Waals surface area contributed by atoms with E-state index >= 15 is 0 Å². The monoisotopic (exact) mass is 346 g/mol. The van der Waals surface area contributed by atoms with Crippen molar-refractivity contribution in [2.45, 2.75) is 46.0 Å². The molecule has 1 rings (SSSR count). The Bertz CT molecular complexity index is 617. The number of hydrogen-bond acceptors (Lipinski definition) is 4. The average molecular weight is 346 g/mol. The molecular formula is C16H21F3N2O3. The first-order valence-corrected chi connectivity index (χ1v) is 7.47. The molecule has 24 heavy (non-hydrogen) atoms. The fourth-order valence-corrected chi connectivity index (χ4v) is 1.96. The Morgan fingerprint density at radius 3 is 2.21 bits per heavy atom. The Hall–Kier alpha value is -2.25. The van der Waals surface area contributed by atoms with Crippen LogP contribution in [-0.4, -0.2) is 30.3 Å². The Labute approximate surface area is 138 Å². The normalized spacial score (nSPS) is 13.8. The second-order valence-electron chi connectivity index (χ2n) is 5.29. The molecule has 0 aromatic heterocycles. The highest BCUT2D eigenvalue weighted by Crippen LogP contribution is 2.33. The maximum Gasteiger partial charge on any atom is 0.441 e. The summed E-state index contributed by atoms with van der Waals surface area (Å²) in [5.41, 5.74) is -1.69. The number of anilines is 1. The summed E-state index contributed by atoms with van der Waals surface area (Å²) in [7, 11) is 0. The lowest BCUT2D eigenvalue weighted by atomic mass is 10.1. The van der Waals surface area contributed by atoms with Crippen LogP contribution in [0, 0.1) is 13.8 Å². The molecule has 0 aliphatic heterocycles. The van der Waals surface area contributed by atoms with Crippen LogP contribution in [0.4, 0.5) is 18.9 Å². The molecule has 0 bridgehead atoms. The first kappa shape index (κ1) is 19.8. The lowest BCUT2D eigenvalue weighted by Crippen LogP contribution is -2.69. The van der Waals surface area contributed by atoms with E-state index in [9.17, 15) is 22.8 Å². The minimum absolute atomic E-state index is 0.0416. The number of benzene rings is 1. The predicted molar refractivity (Wildman–Crippen MR) is 83.4 cm³/mol. The fourth-order valence-electron chi connectivity index (χ4n) is 1.96. The van der Waals surface area contributed by atoms with Gasteiger partial charge in [0, 0.05) is 12.1 Å². The van der Waals surface area contributed by atoms with Crippen molar-refractivity contribution in [3.05, 3.63) is 29.3 Å². The lowest BCUT2D eigenvalue weighted by molar-refractivity contribution is -0.207. The molecule has 0 saturated carbocycles. The average Bonchev–Trinajstić information content (AvgIpc) is 2.49. The molecule has 0 saturated heterocycles. The number of hydrogen-bond donors (Lipinski definition) is 2. The first-order valence-electron chi connectivity index (χ1n) is 7.47. The fraction of sp³-hybridized carbons (Fsp3) is 0.500. The molecular weight excluding hydrogens is 325 g/mol. The van der Waals surface area contributed by atoms with Gasteiger partial charge in [-0.25, -0.2) is 4.79 Å². The van der Waals surface area contributed by atoms with Gasteiger partial charge >= 0.3 is 17.8 Å². The Morgan fingerprint density at radius 2 is 1.75 bits per heavy atom. The maximum absolute atomic E-state index is 13.7. The van der Waals surface area contributed by atoms with Crippen LogP contribution in [0.15, 0.2) is 18.2 Å². The molecule has 134 valence electrons. The van der Waals surface area contributed by atoms with Gasteiger partial charge in [-0.1, -0.05) is 13.0 Å². The van der Waals surface area contributed by atoms with E-state index in [1.54, 1.807) is 25.2 Å². The zero-order chi connectivity index (χ0) is 18.5. The zero-order valence-electron chi connectivity index (χ0n) is 14.0. The minimum atomic E-state index is -5.11. The second kappa shape index (κ2) is 7.55. The van der Waals surface area contributed by atoms with Crippen molar-refractivity contribution in [1.29, 1.82) is 0 Å².